The molecule has 0 fully saturated rings. The molecule has 0 aromatic heterocycles. The second kappa shape index (κ2) is 8.63. The van der Waals surface area contributed by atoms with Gasteiger partial charge in [-0.2, -0.15) is 5.26 Å². The van der Waals surface area contributed by atoms with Gasteiger partial charge in [0, 0.05) is 0 Å². The zero-order chi connectivity index (χ0) is 14.1. The van der Waals surface area contributed by atoms with Crippen molar-refractivity contribution in [3.8, 4) is 11.8 Å². The quantitative estimate of drug-likeness (QED) is 0.693. The molecule has 0 amide bonds. The van der Waals surface area contributed by atoms with E-state index in [1.165, 1.54) is 5.57 Å². The maximum Gasteiger partial charge on any atom is 0.121 e. The number of hydrogen-bond donors (Lipinski definition) is 0. The normalized spacial score (nSPS) is 10.7. The van der Waals surface area contributed by atoms with Crippen LogP contribution in [0.3, 0.4) is 0 Å². The first-order valence-corrected chi connectivity index (χ1v) is 6.67. The summed E-state index contributed by atoms with van der Waals surface area (Å²) >= 11 is 11.1. The fraction of sp³-hybridized carbons (Fsp3) is 0.267. The van der Waals surface area contributed by atoms with Gasteiger partial charge < -0.3 is 4.74 Å². The smallest absolute Gasteiger partial charge is 0.121 e. The fourth-order valence-electron chi connectivity index (χ4n) is 1.45. The Morgan fingerprint density at radius 3 is 2.84 bits per heavy atom. The van der Waals surface area contributed by atoms with Gasteiger partial charge in [0.2, 0.25) is 0 Å². The Kier molecular flexibility index (Phi) is 7.10. The van der Waals surface area contributed by atoms with Crippen LogP contribution in [0.4, 0.5) is 0 Å². The number of hydrogen-bond acceptors (Lipinski definition) is 2. The van der Waals surface area contributed by atoms with Crippen LogP contribution in [0.5, 0.6) is 5.75 Å². The van der Waals surface area contributed by atoms with E-state index in [2.05, 4.69) is 6.07 Å². The van der Waals surface area contributed by atoms with Crippen molar-refractivity contribution >= 4 is 23.2 Å². The van der Waals surface area contributed by atoms with E-state index in [-0.39, 0.29) is 0 Å². The molecule has 0 aliphatic carbocycles. The average molecular weight is 296 g/mol. The fourth-order valence-corrected chi connectivity index (χ4v) is 1.66. The lowest BCUT2D eigenvalue weighted by Crippen LogP contribution is -1.95. The molecule has 1 aromatic rings. The number of rotatable bonds is 6. The number of halogens is 2. The van der Waals surface area contributed by atoms with Gasteiger partial charge in [-0.1, -0.05) is 40.9 Å². The number of nitrogens with zero attached hydrogens (tertiary/aromatic N) is 1. The lowest BCUT2D eigenvalue weighted by molar-refractivity contribution is 0.361. The summed E-state index contributed by atoms with van der Waals surface area (Å²) in [6.07, 6.45) is 5.49. The van der Waals surface area contributed by atoms with E-state index in [0.29, 0.717) is 22.4 Å². The van der Waals surface area contributed by atoms with E-state index in [0.717, 1.165) is 12.8 Å². The Morgan fingerprint density at radius 2 is 2.16 bits per heavy atom. The van der Waals surface area contributed by atoms with Gasteiger partial charge in [-0.3, -0.25) is 0 Å². The molecule has 0 unspecified atom stereocenters. The van der Waals surface area contributed by atoms with Gasteiger partial charge in [0.25, 0.3) is 0 Å². The van der Waals surface area contributed by atoms with E-state index in [9.17, 15) is 0 Å². The number of ether oxygens (including phenoxy) is 1. The maximum absolute atomic E-state index is 8.77. The van der Waals surface area contributed by atoms with Gasteiger partial charge in [-0.15, -0.1) is 0 Å². The predicted octanol–water partition coefficient (Wildman–Crippen LogP) is 4.98. The van der Waals surface area contributed by atoms with Crippen LogP contribution in [0.1, 0.15) is 25.3 Å². The van der Waals surface area contributed by atoms with Crippen molar-refractivity contribution in [3.05, 3.63) is 52.0 Å². The van der Waals surface area contributed by atoms with Crippen molar-refractivity contribution in [2.75, 3.05) is 6.61 Å². The summed E-state index contributed by atoms with van der Waals surface area (Å²) in [4.78, 5) is 0. The standard InChI is InChI=1S/C15H15Cl2NO/c1-12(4-2-7-15(16)17)8-9-19-14-6-3-5-13(10-14)11-18/h3,5-8,10H,2,4,9H2,1H3. The summed E-state index contributed by atoms with van der Waals surface area (Å²) in [5, 5.41) is 8.77. The second-order valence-corrected chi connectivity index (χ2v) is 5.04. The van der Waals surface area contributed by atoms with Gasteiger partial charge in [0.15, 0.2) is 0 Å². The number of nitriles is 1. The highest BCUT2D eigenvalue weighted by Crippen LogP contribution is 2.14. The summed E-state index contributed by atoms with van der Waals surface area (Å²) in [5.74, 6) is 0.701. The highest BCUT2D eigenvalue weighted by atomic mass is 35.5. The molecule has 0 atom stereocenters. The molecule has 0 aliphatic heterocycles. The third kappa shape index (κ3) is 6.91. The molecule has 0 heterocycles. The van der Waals surface area contributed by atoms with Crippen LogP contribution in [0.2, 0.25) is 0 Å². The van der Waals surface area contributed by atoms with Crippen molar-refractivity contribution in [3.63, 3.8) is 0 Å². The molecule has 0 spiro atoms. The summed E-state index contributed by atoms with van der Waals surface area (Å²) in [6.45, 7) is 2.52. The minimum atomic E-state index is 0.303. The van der Waals surface area contributed by atoms with Crippen LogP contribution in [0.25, 0.3) is 0 Å². The molecular weight excluding hydrogens is 281 g/mol. The Labute approximate surface area is 123 Å². The third-order valence-corrected chi connectivity index (χ3v) is 2.79. The van der Waals surface area contributed by atoms with Gasteiger partial charge in [0.1, 0.15) is 16.8 Å². The number of benzene rings is 1. The van der Waals surface area contributed by atoms with Crippen molar-refractivity contribution < 1.29 is 4.74 Å². The molecule has 0 radical (unpaired) electrons. The molecule has 0 aliphatic rings. The third-order valence-electron chi connectivity index (χ3n) is 2.48. The Hall–Kier alpha value is -1.43. The van der Waals surface area contributed by atoms with Crippen LogP contribution >= 0.6 is 23.2 Å². The van der Waals surface area contributed by atoms with Crippen molar-refractivity contribution in [2.45, 2.75) is 19.8 Å². The lowest BCUT2D eigenvalue weighted by Gasteiger charge is -2.04. The summed E-state index contributed by atoms with van der Waals surface area (Å²) in [7, 11) is 0. The molecule has 1 aromatic carbocycles. The van der Waals surface area contributed by atoms with Gasteiger partial charge in [0.05, 0.1) is 11.6 Å². The first-order chi connectivity index (χ1) is 9.11. The van der Waals surface area contributed by atoms with Crippen LogP contribution in [-0.2, 0) is 0 Å². The first-order valence-electron chi connectivity index (χ1n) is 5.91. The molecule has 2 nitrogen and oxygen atoms in total. The molecule has 0 bridgehead atoms. The van der Waals surface area contributed by atoms with Crippen LogP contribution in [-0.4, -0.2) is 6.61 Å². The monoisotopic (exact) mass is 295 g/mol. The SMILES string of the molecule is CC(=CCOc1cccc(C#N)c1)CCC=C(Cl)Cl. The molecule has 4 heteroatoms. The summed E-state index contributed by atoms with van der Waals surface area (Å²) < 4.78 is 5.85. The van der Waals surface area contributed by atoms with E-state index in [1.54, 1.807) is 24.3 Å². The Bertz CT molecular complexity index is 511. The molecule has 1 rings (SSSR count). The molecular formula is C15H15Cl2NO. The lowest BCUT2D eigenvalue weighted by atomic mass is 10.1. The van der Waals surface area contributed by atoms with E-state index >= 15 is 0 Å². The van der Waals surface area contributed by atoms with E-state index < -0.39 is 0 Å². The molecule has 0 saturated heterocycles. The first kappa shape index (κ1) is 15.6. The van der Waals surface area contributed by atoms with Gasteiger partial charge in [-0.25, -0.2) is 0 Å². The van der Waals surface area contributed by atoms with E-state index in [4.69, 9.17) is 33.2 Å². The Morgan fingerprint density at radius 1 is 1.37 bits per heavy atom. The molecule has 100 valence electrons. The molecule has 0 saturated carbocycles. The molecule has 19 heavy (non-hydrogen) atoms. The maximum atomic E-state index is 8.77. The largest absolute Gasteiger partial charge is 0.489 e. The van der Waals surface area contributed by atoms with E-state index in [1.807, 2.05) is 19.1 Å². The van der Waals surface area contributed by atoms with Crippen LogP contribution < -0.4 is 4.74 Å². The van der Waals surface area contributed by atoms with Crippen LogP contribution in [0.15, 0.2) is 46.5 Å². The topological polar surface area (TPSA) is 33.0 Å². The average Bonchev–Trinajstić information content (AvgIpc) is 2.38. The minimum absolute atomic E-state index is 0.303. The van der Waals surface area contributed by atoms with Crippen molar-refractivity contribution in [1.29, 1.82) is 5.26 Å². The minimum Gasteiger partial charge on any atom is -0.489 e. The second-order valence-electron chi connectivity index (χ2n) is 4.03. The Balaban J connectivity index is 2.40. The van der Waals surface area contributed by atoms with Crippen molar-refractivity contribution in [2.24, 2.45) is 0 Å². The number of allylic oxidation sites excluding steroid dienone is 2. The summed E-state index contributed by atoms with van der Waals surface area (Å²) in [5.41, 5.74) is 1.81. The zero-order valence-electron chi connectivity index (χ0n) is 10.7. The predicted molar refractivity (Wildman–Crippen MR) is 79.4 cm³/mol. The highest BCUT2D eigenvalue weighted by molar-refractivity contribution is 6.55. The molecule has 0 N–H and O–H groups in total. The van der Waals surface area contributed by atoms with Gasteiger partial charge >= 0.3 is 0 Å². The van der Waals surface area contributed by atoms with Crippen LogP contribution in [0, 0.1) is 11.3 Å². The zero-order valence-corrected chi connectivity index (χ0v) is 12.2. The van der Waals surface area contributed by atoms with Crippen molar-refractivity contribution in [1.82, 2.24) is 0 Å². The summed E-state index contributed by atoms with van der Waals surface area (Å²) in [6, 6.07) is 9.18. The highest BCUT2D eigenvalue weighted by Gasteiger charge is 1.95. The van der Waals surface area contributed by atoms with Gasteiger partial charge in [-0.05, 0) is 44.0 Å².